The Labute approximate surface area is 114 Å². The van der Waals surface area contributed by atoms with E-state index in [-0.39, 0.29) is 0 Å². The summed E-state index contributed by atoms with van der Waals surface area (Å²) in [6.45, 7) is 4.00. The van der Waals surface area contributed by atoms with E-state index in [2.05, 4.69) is 18.4 Å². The molecule has 1 saturated heterocycles. The maximum atomic E-state index is 6.53. The molecule has 3 unspecified atom stereocenters. The van der Waals surface area contributed by atoms with E-state index >= 15 is 0 Å². The Kier molecular flexibility index (Phi) is 5.20. The molecule has 4 nitrogen and oxygen atoms in total. The molecule has 3 atom stereocenters. The number of aliphatic imine (C=N–C) groups is 1. The Morgan fingerprint density at radius 3 is 2.50 bits per heavy atom. The minimum atomic E-state index is -2.25. The molecule has 0 amide bonds. The maximum absolute atomic E-state index is 6.53. The number of halogens is 3. The van der Waals surface area contributed by atoms with Crippen LogP contribution in [0, 0.1) is 0 Å². The fourth-order valence-electron chi connectivity index (χ4n) is 1.43. The summed E-state index contributed by atoms with van der Waals surface area (Å²) in [6, 6.07) is 0.830. The van der Waals surface area contributed by atoms with Crippen LogP contribution in [0.4, 0.5) is 0 Å². The summed E-state index contributed by atoms with van der Waals surface area (Å²) in [5, 5.41) is 0. The van der Waals surface area contributed by atoms with E-state index in [9.17, 15) is 0 Å². The first-order valence-corrected chi connectivity index (χ1v) is 14.3. The summed E-state index contributed by atoms with van der Waals surface area (Å²) in [4.78, 5) is 3.95. The second-order valence-electron chi connectivity index (χ2n) is 3.75. The van der Waals surface area contributed by atoms with Gasteiger partial charge < -0.3 is 4.65 Å². The lowest BCUT2D eigenvalue weighted by atomic mass is 10.9. The van der Waals surface area contributed by atoms with Crippen molar-refractivity contribution in [3.63, 3.8) is 0 Å². The predicted octanol–water partition coefficient (Wildman–Crippen LogP) is 2.26. The molecule has 1 rings (SSSR count). The van der Waals surface area contributed by atoms with E-state index in [1.54, 1.807) is 13.3 Å². The van der Waals surface area contributed by atoms with Crippen molar-refractivity contribution in [1.29, 1.82) is 0 Å². The number of hydrogen-bond donors (Lipinski definition) is 3. The molecular weight excluding hydrogens is 323 g/mol. The highest BCUT2D eigenvalue weighted by Gasteiger charge is 2.50. The highest BCUT2D eigenvalue weighted by atomic mass is 35.7. The molecule has 0 aliphatic carbocycles. The number of nitrogens with zero attached hydrogens (tertiary/aromatic N) is 1. The largest absolute Gasteiger partial charge is 0.310 e. The molecule has 0 aromatic carbocycles. The summed E-state index contributed by atoms with van der Waals surface area (Å²) >= 11 is 12.9. The lowest BCUT2D eigenvalue weighted by Crippen LogP contribution is -2.76. The number of nitrogens with one attached hydrogen (secondary N) is 3. The van der Waals surface area contributed by atoms with Crippen LogP contribution in [-0.2, 0) is 0 Å². The monoisotopic (exact) mass is 338 g/mol. The van der Waals surface area contributed by atoms with E-state index in [0.29, 0.717) is 5.75 Å². The van der Waals surface area contributed by atoms with Crippen LogP contribution in [-0.4, -0.2) is 34.4 Å². The van der Waals surface area contributed by atoms with Crippen molar-refractivity contribution in [3.05, 3.63) is 0 Å². The van der Waals surface area contributed by atoms with Crippen LogP contribution >= 0.6 is 42.5 Å². The Balaban J connectivity index is 2.87. The van der Waals surface area contributed by atoms with Gasteiger partial charge in [-0.25, -0.2) is 0 Å². The van der Waals surface area contributed by atoms with Gasteiger partial charge in [0, 0.05) is 19.0 Å². The zero-order chi connectivity index (χ0) is 12.4. The van der Waals surface area contributed by atoms with Crippen molar-refractivity contribution >= 4 is 64.1 Å². The zero-order valence-electron chi connectivity index (χ0n) is 9.48. The summed E-state index contributed by atoms with van der Waals surface area (Å²) < 4.78 is 9.95. The highest BCUT2D eigenvalue weighted by Crippen LogP contribution is 2.49. The first-order chi connectivity index (χ1) is 7.24. The molecule has 0 aromatic heterocycles. The fourth-order valence-corrected chi connectivity index (χ4v) is 22.6. The maximum Gasteiger partial charge on any atom is 0.307 e. The van der Waals surface area contributed by atoms with Gasteiger partial charge >= 0.3 is 15.4 Å². The summed E-state index contributed by atoms with van der Waals surface area (Å²) in [6.07, 6.45) is 1.79. The lowest BCUT2D eigenvalue weighted by Gasteiger charge is -2.50. The van der Waals surface area contributed by atoms with Crippen LogP contribution in [0.2, 0.25) is 12.6 Å². The standard InChI is InChI=1S/C6H17Cl3N4SSi2/c1-4-16(9)12-14(7,6-5-10-2)11-15(3,8)13-16/h5,11-13H,4,6H2,1-3H3. The Bertz CT molecular complexity index is 295. The first kappa shape index (κ1) is 15.3. The van der Waals surface area contributed by atoms with Gasteiger partial charge in [-0.05, 0) is 23.3 Å². The molecular formula is C6H17Cl3N4SSi2. The SMILES string of the molecule is CC[Si]1(Cl)N[Si](C)(Cl)NS(Cl)(CC=NC)N1. The van der Waals surface area contributed by atoms with Gasteiger partial charge in [0.1, 0.15) is 0 Å². The third kappa shape index (κ3) is 4.14. The lowest BCUT2D eigenvalue weighted by molar-refractivity contribution is 1.14. The molecule has 0 saturated carbocycles. The number of hydrogen-bond acceptors (Lipinski definition) is 4. The molecule has 1 heterocycles. The minimum absolute atomic E-state index is 0.628. The highest BCUT2D eigenvalue weighted by molar-refractivity contribution is 8.50. The quantitative estimate of drug-likeness (QED) is 0.420. The van der Waals surface area contributed by atoms with E-state index in [4.69, 9.17) is 32.8 Å². The predicted molar refractivity (Wildman–Crippen MR) is 81.7 cm³/mol. The van der Waals surface area contributed by atoms with Crippen LogP contribution in [0.5, 0.6) is 0 Å². The van der Waals surface area contributed by atoms with Crippen molar-refractivity contribution in [2.45, 2.75) is 19.5 Å². The van der Waals surface area contributed by atoms with Gasteiger partial charge in [-0.2, -0.15) is 0 Å². The minimum Gasteiger partial charge on any atom is -0.310 e. The van der Waals surface area contributed by atoms with Gasteiger partial charge in [0.25, 0.3) is 0 Å². The Hall–Kier alpha value is 1.20. The Morgan fingerprint density at radius 2 is 2.00 bits per heavy atom. The molecule has 0 spiro atoms. The van der Waals surface area contributed by atoms with Gasteiger partial charge in [-0.3, -0.25) is 13.8 Å². The molecule has 0 bridgehead atoms. The second kappa shape index (κ2) is 5.45. The molecule has 16 heavy (non-hydrogen) atoms. The van der Waals surface area contributed by atoms with Crippen molar-refractivity contribution in [2.24, 2.45) is 4.99 Å². The van der Waals surface area contributed by atoms with Crippen LogP contribution in [0.3, 0.4) is 0 Å². The van der Waals surface area contributed by atoms with Crippen LogP contribution < -0.4 is 13.4 Å². The third-order valence-corrected chi connectivity index (χ3v) is 18.2. The normalized spacial score (nSPS) is 49.1. The average Bonchev–Trinajstić information content (AvgIpc) is 2.11. The van der Waals surface area contributed by atoms with Crippen LogP contribution in [0.1, 0.15) is 6.92 Å². The van der Waals surface area contributed by atoms with E-state index < -0.39 is 25.0 Å². The molecule has 1 aliphatic heterocycles. The van der Waals surface area contributed by atoms with Crippen LogP contribution in [0.15, 0.2) is 4.99 Å². The molecule has 0 aromatic rings. The first-order valence-electron chi connectivity index (χ1n) is 4.90. The molecule has 3 N–H and O–H groups in total. The zero-order valence-corrected chi connectivity index (χ0v) is 14.6. The second-order valence-corrected chi connectivity index (χ2v) is 18.1. The van der Waals surface area contributed by atoms with Gasteiger partial charge in [-0.1, -0.05) is 16.5 Å². The van der Waals surface area contributed by atoms with Gasteiger partial charge in [-0.15, -0.1) is 22.2 Å². The summed E-state index contributed by atoms with van der Waals surface area (Å²) in [5.41, 5.74) is 0. The Morgan fingerprint density at radius 1 is 1.38 bits per heavy atom. The van der Waals surface area contributed by atoms with Gasteiger partial charge in [0.2, 0.25) is 0 Å². The van der Waals surface area contributed by atoms with Gasteiger partial charge in [0.15, 0.2) is 0 Å². The number of rotatable bonds is 3. The van der Waals surface area contributed by atoms with Crippen molar-refractivity contribution in [1.82, 2.24) is 13.4 Å². The van der Waals surface area contributed by atoms with E-state index in [0.717, 1.165) is 6.04 Å². The van der Waals surface area contributed by atoms with E-state index in [1.165, 1.54) is 0 Å². The molecule has 96 valence electrons. The van der Waals surface area contributed by atoms with Crippen molar-refractivity contribution in [2.75, 3.05) is 12.8 Å². The van der Waals surface area contributed by atoms with Crippen molar-refractivity contribution < 1.29 is 0 Å². The average molecular weight is 340 g/mol. The smallest absolute Gasteiger partial charge is 0.307 e. The molecule has 1 aliphatic rings. The molecule has 1 fully saturated rings. The molecule has 0 radical (unpaired) electrons. The van der Waals surface area contributed by atoms with Crippen molar-refractivity contribution in [3.8, 4) is 0 Å². The topological polar surface area (TPSA) is 48.5 Å². The summed E-state index contributed by atoms with van der Waals surface area (Å²) in [5.74, 6) is 0.628. The van der Waals surface area contributed by atoms with E-state index in [1.807, 2.05) is 13.5 Å². The fraction of sp³-hybridized carbons (Fsp3) is 0.833. The van der Waals surface area contributed by atoms with Crippen LogP contribution in [0.25, 0.3) is 0 Å². The molecule has 10 heteroatoms. The van der Waals surface area contributed by atoms with Gasteiger partial charge in [0.05, 0.1) is 0 Å². The summed E-state index contributed by atoms with van der Waals surface area (Å²) in [7, 11) is 2.05. The third-order valence-electron chi connectivity index (χ3n) is 2.08.